The van der Waals surface area contributed by atoms with Crippen molar-refractivity contribution in [2.75, 3.05) is 18.4 Å². The van der Waals surface area contributed by atoms with Crippen molar-refractivity contribution < 1.29 is 31.9 Å². The van der Waals surface area contributed by atoms with Crippen molar-refractivity contribution in [1.29, 1.82) is 0 Å². The Morgan fingerprint density at radius 2 is 1.40 bits per heavy atom. The van der Waals surface area contributed by atoms with Crippen LogP contribution >= 0.6 is 11.6 Å². The Labute approximate surface area is 295 Å². The molecule has 12 heteroatoms. The van der Waals surface area contributed by atoms with Gasteiger partial charge in [0.15, 0.2) is 6.61 Å². The zero-order chi connectivity index (χ0) is 35.5. The first kappa shape index (κ1) is 35.9. The first-order chi connectivity index (χ1) is 24.1. The fourth-order valence-corrected chi connectivity index (χ4v) is 6.25. The number of benzene rings is 5. The number of amides is 2. The van der Waals surface area contributed by atoms with Crippen LogP contribution in [-0.2, 0) is 39.1 Å². The average molecular weight is 716 g/mol. The maximum Gasteiger partial charge on any atom is 0.261 e. The average Bonchev–Trinajstić information content (AvgIpc) is 3.13. The summed E-state index contributed by atoms with van der Waals surface area (Å²) in [5.74, 6) is -0.409. The highest BCUT2D eigenvalue weighted by Crippen LogP contribution is 2.22. The molecule has 5 aromatic rings. The second kappa shape index (κ2) is 16.8. The number of hydrogen-bond donors (Lipinski definition) is 2. The van der Waals surface area contributed by atoms with Gasteiger partial charge in [-0.3, -0.25) is 14.3 Å². The van der Waals surface area contributed by atoms with E-state index in [1.165, 1.54) is 41.3 Å². The maximum absolute atomic E-state index is 14.0. The molecule has 5 rings (SSSR count). The normalized spacial score (nSPS) is 11.7. The number of ether oxygens (including phenoxy) is 2. The van der Waals surface area contributed by atoms with Gasteiger partial charge in [-0.05, 0) is 89.5 Å². The molecule has 0 saturated carbocycles. The molecule has 0 aliphatic carbocycles. The van der Waals surface area contributed by atoms with E-state index < -0.39 is 34.4 Å². The van der Waals surface area contributed by atoms with Gasteiger partial charge in [-0.15, -0.1) is 0 Å². The van der Waals surface area contributed by atoms with Gasteiger partial charge in [-0.2, -0.15) is 0 Å². The lowest BCUT2D eigenvalue weighted by atomic mass is 10.0. The SMILES string of the molecule is COc1ccc(CN(C(=O)COc2ccc(S(=O)(=O)Nc3ccc(F)cc3)cc2)[C@H](Cc2ccccc2)C(=O)NCc2ccc(Cl)cc2)cc1. The third kappa shape index (κ3) is 10.1. The van der Waals surface area contributed by atoms with Gasteiger partial charge in [0.1, 0.15) is 23.4 Å². The summed E-state index contributed by atoms with van der Waals surface area (Å²) < 4.78 is 52.5. The zero-order valence-electron chi connectivity index (χ0n) is 27.1. The molecule has 0 radical (unpaired) electrons. The highest BCUT2D eigenvalue weighted by Gasteiger charge is 2.31. The molecule has 0 bridgehead atoms. The number of sulfonamides is 1. The molecule has 5 aromatic carbocycles. The van der Waals surface area contributed by atoms with Crippen molar-refractivity contribution in [1.82, 2.24) is 10.2 Å². The largest absolute Gasteiger partial charge is 0.497 e. The number of rotatable bonds is 15. The zero-order valence-corrected chi connectivity index (χ0v) is 28.7. The van der Waals surface area contributed by atoms with E-state index in [9.17, 15) is 22.4 Å². The Morgan fingerprint density at radius 3 is 2.04 bits per heavy atom. The van der Waals surface area contributed by atoms with Crippen LogP contribution in [-0.4, -0.2) is 44.9 Å². The molecule has 0 aliphatic heterocycles. The lowest BCUT2D eigenvalue weighted by Gasteiger charge is -2.31. The van der Waals surface area contributed by atoms with Crippen molar-refractivity contribution in [3.05, 3.63) is 155 Å². The number of methoxy groups -OCH3 is 1. The van der Waals surface area contributed by atoms with Gasteiger partial charge in [0, 0.05) is 30.2 Å². The quantitative estimate of drug-likeness (QED) is 0.126. The van der Waals surface area contributed by atoms with Crippen molar-refractivity contribution in [3.8, 4) is 11.5 Å². The number of nitrogens with one attached hydrogen (secondary N) is 2. The smallest absolute Gasteiger partial charge is 0.261 e. The van der Waals surface area contributed by atoms with E-state index in [2.05, 4.69) is 10.0 Å². The van der Waals surface area contributed by atoms with E-state index in [4.69, 9.17) is 21.1 Å². The van der Waals surface area contributed by atoms with Crippen molar-refractivity contribution in [2.24, 2.45) is 0 Å². The molecule has 0 heterocycles. The van der Waals surface area contributed by atoms with Gasteiger partial charge < -0.3 is 19.7 Å². The maximum atomic E-state index is 14.0. The van der Waals surface area contributed by atoms with Crippen LogP contribution in [0.5, 0.6) is 11.5 Å². The molecule has 0 fully saturated rings. The van der Waals surface area contributed by atoms with Crippen LogP contribution in [0.25, 0.3) is 0 Å². The number of halogens is 2. The topological polar surface area (TPSA) is 114 Å². The predicted molar refractivity (Wildman–Crippen MR) is 190 cm³/mol. The van der Waals surface area contributed by atoms with E-state index in [-0.39, 0.29) is 41.7 Å². The summed E-state index contributed by atoms with van der Waals surface area (Å²) in [6.45, 7) is -0.0935. The van der Waals surface area contributed by atoms with Crippen LogP contribution < -0.4 is 19.5 Å². The summed E-state index contributed by atoms with van der Waals surface area (Å²) in [5, 5.41) is 3.55. The third-order valence-electron chi connectivity index (χ3n) is 7.76. The number of carbonyl (C=O) groups excluding carboxylic acids is 2. The minimum absolute atomic E-state index is 0.0538. The van der Waals surface area contributed by atoms with Gasteiger partial charge in [0.25, 0.3) is 15.9 Å². The van der Waals surface area contributed by atoms with Crippen LogP contribution in [0.1, 0.15) is 16.7 Å². The van der Waals surface area contributed by atoms with Gasteiger partial charge in [0.05, 0.1) is 12.0 Å². The van der Waals surface area contributed by atoms with E-state index in [0.29, 0.717) is 10.8 Å². The van der Waals surface area contributed by atoms with Crippen LogP contribution in [0, 0.1) is 5.82 Å². The molecule has 50 heavy (non-hydrogen) atoms. The lowest BCUT2D eigenvalue weighted by molar-refractivity contribution is -0.142. The number of nitrogens with zero attached hydrogens (tertiary/aromatic N) is 1. The van der Waals surface area contributed by atoms with E-state index in [0.717, 1.165) is 28.8 Å². The van der Waals surface area contributed by atoms with Crippen molar-refractivity contribution >= 4 is 39.1 Å². The number of carbonyl (C=O) groups is 2. The molecular weight excluding hydrogens is 681 g/mol. The summed E-state index contributed by atoms with van der Waals surface area (Å²) in [7, 11) is -2.41. The van der Waals surface area contributed by atoms with Crippen LogP contribution in [0.4, 0.5) is 10.1 Å². The fraction of sp³-hybridized carbons (Fsp3) is 0.158. The van der Waals surface area contributed by atoms with Gasteiger partial charge in [-0.25, -0.2) is 12.8 Å². The molecule has 9 nitrogen and oxygen atoms in total. The molecule has 2 amide bonds. The Balaban J connectivity index is 1.35. The minimum Gasteiger partial charge on any atom is -0.497 e. The monoisotopic (exact) mass is 715 g/mol. The molecule has 2 N–H and O–H groups in total. The summed E-state index contributed by atoms with van der Waals surface area (Å²) in [6.07, 6.45) is 0.239. The Bertz CT molecular complexity index is 1980. The van der Waals surface area contributed by atoms with E-state index >= 15 is 0 Å². The second-order valence-corrected chi connectivity index (χ2v) is 13.4. The van der Waals surface area contributed by atoms with Crippen LogP contribution in [0.15, 0.2) is 132 Å². The Kier molecular flexibility index (Phi) is 12.1. The Hall–Kier alpha value is -5.39. The molecule has 0 aliphatic rings. The highest BCUT2D eigenvalue weighted by atomic mass is 35.5. The third-order valence-corrected chi connectivity index (χ3v) is 9.41. The first-order valence-electron chi connectivity index (χ1n) is 15.6. The molecule has 0 saturated heterocycles. The summed E-state index contributed by atoms with van der Waals surface area (Å²) in [4.78, 5) is 29.3. The number of hydrogen-bond acceptors (Lipinski definition) is 6. The van der Waals surface area contributed by atoms with E-state index in [1.54, 1.807) is 31.4 Å². The molecule has 1 atom stereocenters. The molecular formula is C38H35ClFN3O6S. The summed E-state index contributed by atoms with van der Waals surface area (Å²) >= 11 is 6.03. The van der Waals surface area contributed by atoms with Crippen LogP contribution in [0.3, 0.4) is 0 Å². The standard InChI is InChI=1S/C38H35ClFN3O6S/c1-48-33-17-9-29(10-18-33)25-43(36(23-27-5-3-2-4-6-27)38(45)41-24-28-7-11-30(39)12-8-28)37(44)26-49-34-19-21-35(22-20-34)50(46,47)42-32-15-13-31(40)14-16-32/h2-22,36,42H,23-26H2,1H3,(H,41,45)/t36-/m1/s1. The summed E-state index contributed by atoms with van der Waals surface area (Å²) in [5.41, 5.74) is 2.68. The van der Waals surface area contributed by atoms with Gasteiger partial charge >= 0.3 is 0 Å². The predicted octanol–water partition coefficient (Wildman–Crippen LogP) is 6.62. The first-order valence-corrected chi connectivity index (χ1v) is 17.5. The minimum atomic E-state index is -3.97. The molecule has 258 valence electrons. The van der Waals surface area contributed by atoms with Crippen molar-refractivity contribution in [3.63, 3.8) is 0 Å². The van der Waals surface area contributed by atoms with Gasteiger partial charge in [0.2, 0.25) is 5.91 Å². The second-order valence-electron chi connectivity index (χ2n) is 11.3. The lowest BCUT2D eigenvalue weighted by Crippen LogP contribution is -2.51. The van der Waals surface area contributed by atoms with Crippen molar-refractivity contribution in [2.45, 2.75) is 30.4 Å². The molecule has 0 aromatic heterocycles. The number of anilines is 1. The van der Waals surface area contributed by atoms with Gasteiger partial charge in [-0.1, -0.05) is 66.2 Å². The Morgan fingerprint density at radius 1 is 0.780 bits per heavy atom. The molecule has 0 spiro atoms. The fourth-order valence-electron chi connectivity index (χ4n) is 5.07. The molecule has 0 unspecified atom stereocenters. The highest BCUT2D eigenvalue weighted by molar-refractivity contribution is 7.92. The summed E-state index contributed by atoms with van der Waals surface area (Å²) in [6, 6.07) is 33.3. The van der Waals surface area contributed by atoms with Crippen LogP contribution in [0.2, 0.25) is 5.02 Å². The van der Waals surface area contributed by atoms with E-state index in [1.807, 2.05) is 54.6 Å².